The molecule has 0 spiro atoms. The Labute approximate surface area is 203 Å². The molecule has 9 nitrogen and oxygen atoms in total. The van der Waals surface area contributed by atoms with Crippen molar-refractivity contribution in [2.45, 2.75) is 56.3 Å². The number of carbonyl (C=O) groups is 4. The lowest BCUT2D eigenvalue weighted by Gasteiger charge is -2.28. The van der Waals surface area contributed by atoms with Crippen LogP contribution in [0.2, 0.25) is 0 Å². The maximum absolute atomic E-state index is 13.0. The van der Waals surface area contributed by atoms with Gasteiger partial charge in [0.25, 0.3) is 0 Å². The zero-order valence-electron chi connectivity index (χ0n) is 19.0. The molecule has 3 amide bonds. The normalized spacial score (nSPS) is 18.6. The molecule has 0 aromatic heterocycles. The van der Waals surface area contributed by atoms with Crippen molar-refractivity contribution in [2.24, 2.45) is 5.73 Å². The SMILES string of the molecule is CSCCC(N)C(=O)N1CCCC1C(=O)NC(CCSC)C(=O)NC(CCSC)C(=O)O. The standard InChI is InChI=1S/C20H36N4O5S3/c1-30-10-6-13(21)19(27)24-9-4-5-16(24)18(26)22-14(7-11-31-2)17(25)23-15(20(28)29)8-12-32-3/h13-16H,4-12,21H2,1-3H3,(H,22,26)(H,23,25)(H,28,29). The molecule has 1 fully saturated rings. The largest absolute Gasteiger partial charge is 0.480 e. The average Bonchev–Trinajstić information content (AvgIpc) is 3.26. The molecule has 0 aromatic carbocycles. The predicted molar refractivity (Wildman–Crippen MR) is 133 cm³/mol. The fraction of sp³-hybridized carbons (Fsp3) is 0.800. The van der Waals surface area contributed by atoms with E-state index in [4.69, 9.17) is 5.73 Å². The first-order chi connectivity index (χ1) is 15.3. The summed E-state index contributed by atoms with van der Waals surface area (Å²) in [5.74, 6) is -0.295. The van der Waals surface area contributed by atoms with Gasteiger partial charge in [-0.2, -0.15) is 35.3 Å². The van der Waals surface area contributed by atoms with Gasteiger partial charge in [0.2, 0.25) is 17.7 Å². The van der Waals surface area contributed by atoms with E-state index in [9.17, 15) is 24.3 Å². The van der Waals surface area contributed by atoms with Crippen molar-refractivity contribution < 1.29 is 24.3 Å². The number of aliphatic carboxylic acids is 1. The number of nitrogens with one attached hydrogen (secondary N) is 2. The first kappa shape index (κ1) is 28.9. The molecule has 1 saturated heterocycles. The second kappa shape index (κ2) is 15.7. The molecular weight excluding hydrogens is 472 g/mol. The summed E-state index contributed by atoms with van der Waals surface area (Å²) in [6.07, 6.45) is 8.10. The van der Waals surface area contributed by atoms with Crippen LogP contribution in [0.3, 0.4) is 0 Å². The third kappa shape index (κ3) is 9.40. The third-order valence-electron chi connectivity index (χ3n) is 5.26. The van der Waals surface area contributed by atoms with E-state index in [1.54, 1.807) is 11.8 Å². The maximum Gasteiger partial charge on any atom is 0.326 e. The fourth-order valence-electron chi connectivity index (χ4n) is 3.42. The zero-order valence-corrected chi connectivity index (χ0v) is 21.5. The Kier molecular flexibility index (Phi) is 14.2. The summed E-state index contributed by atoms with van der Waals surface area (Å²) in [5, 5.41) is 14.7. The summed E-state index contributed by atoms with van der Waals surface area (Å²) < 4.78 is 0. The Hall–Kier alpha value is -1.11. The van der Waals surface area contributed by atoms with Gasteiger partial charge in [-0.15, -0.1) is 0 Å². The molecule has 0 aliphatic carbocycles. The smallest absolute Gasteiger partial charge is 0.326 e. The van der Waals surface area contributed by atoms with Gasteiger partial charge in [-0.05, 0) is 68.1 Å². The summed E-state index contributed by atoms with van der Waals surface area (Å²) in [6.45, 7) is 0.460. The van der Waals surface area contributed by atoms with Crippen molar-refractivity contribution in [2.75, 3.05) is 42.6 Å². The van der Waals surface area contributed by atoms with E-state index < -0.39 is 42.0 Å². The summed E-state index contributed by atoms with van der Waals surface area (Å²) in [7, 11) is 0. The number of thioether (sulfide) groups is 3. The van der Waals surface area contributed by atoms with Gasteiger partial charge in [-0.1, -0.05) is 0 Å². The van der Waals surface area contributed by atoms with Crippen molar-refractivity contribution in [3.8, 4) is 0 Å². The fourth-order valence-corrected chi connectivity index (χ4v) is 4.85. The van der Waals surface area contributed by atoms with Crippen LogP contribution in [0.4, 0.5) is 0 Å². The molecule has 32 heavy (non-hydrogen) atoms. The first-order valence-electron chi connectivity index (χ1n) is 10.6. The van der Waals surface area contributed by atoms with E-state index in [2.05, 4.69) is 10.6 Å². The minimum atomic E-state index is -1.10. The van der Waals surface area contributed by atoms with Crippen LogP contribution in [-0.2, 0) is 19.2 Å². The minimum absolute atomic E-state index is 0.246. The van der Waals surface area contributed by atoms with Gasteiger partial charge in [0.15, 0.2) is 0 Å². The van der Waals surface area contributed by atoms with Crippen LogP contribution < -0.4 is 16.4 Å². The lowest BCUT2D eigenvalue weighted by Crippen LogP contribution is -2.56. The number of amides is 3. The van der Waals surface area contributed by atoms with E-state index in [0.717, 1.165) is 5.75 Å². The van der Waals surface area contributed by atoms with Crippen LogP contribution in [0.1, 0.15) is 32.1 Å². The van der Waals surface area contributed by atoms with E-state index in [1.807, 2.05) is 18.8 Å². The number of likely N-dealkylation sites (tertiary alicyclic amines) is 1. The van der Waals surface area contributed by atoms with Crippen LogP contribution in [0.5, 0.6) is 0 Å². The van der Waals surface area contributed by atoms with Gasteiger partial charge in [0, 0.05) is 6.54 Å². The molecule has 0 saturated carbocycles. The third-order valence-corrected chi connectivity index (χ3v) is 7.19. The summed E-state index contributed by atoms with van der Waals surface area (Å²) in [5.41, 5.74) is 6.02. The lowest BCUT2D eigenvalue weighted by molar-refractivity contribution is -0.143. The van der Waals surface area contributed by atoms with Gasteiger partial charge >= 0.3 is 5.97 Å². The molecule has 4 atom stereocenters. The molecule has 1 aliphatic heterocycles. The van der Waals surface area contributed by atoms with Gasteiger partial charge < -0.3 is 26.4 Å². The Bertz CT molecular complexity index is 640. The number of carbonyl (C=O) groups excluding carboxylic acids is 3. The van der Waals surface area contributed by atoms with Gasteiger partial charge in [-0.3, -0.25) is 14.4 Å². The van der Waals surface area contributed by atoms with Crippen LogP contribution in [-0.4, -0.2) is 100 Å². The number of hydrogen-bond donors (Lipinski definition) is 4. The van der Waals surface area contributed by atoms with Crippen molar-refractivity contribution in [3.63, 3.8) is 0 Å². The minimum Gasteiger partial charge on any atom is -0.480 e. The number of nitrogens with two attached hydrogens (primary N) is 1. The van der Waals surface area contributed by atoms with Crippen LogP contribution in [0.25, 0.3) is 0 Å². The molecule has 0 radical (unpaired) electrons. The molecule has 1 aliphatic rings. The molecule has 4 unspecified atom stereocenters. The molecule has 0 bridgehead atoms. The van der Waals surface area contributed by atoms with Gasteiger partial charge in [-0.25, -0.2) is 4.79 Å². The highest BCUT2D eigenvalue weighted by Crippen LogP contribution is 2.20. The second-order valence-corrected chi connectivity index (χ2v) is 10.6. The Morgan fingerprint density at radius 1 is 0.969 bits per heavy atom. The highest BCUT2D eigenvalue weighted by atomic mass is 32.2. The number of rotatable bonds is 15. The van der Waals surface area contributed by atoms with Crippen molar-refractivity contribution >= 4 is 59.0 Å². The number of hydrogen-bond acceptors (Lipinski definition) is 8. The molecule has 184 valence electrons. The highest BCUT2D eigenvalue weighted by molar-refractivity contribution is 7.98. The van der Waals surface area contributed by atoms with Crippen LogP contribution in [0, 0.1) is 0 Å². The van der Waals surface area contributed by atoms with Crippen molar-refractivity contribution in [1.82, 2.24) is 15.5 Å². The summed E-state index contributed by atoms with van der Waals surface area (Å²) in [4.78, 5) is 51.6. The molecular formula is C20H36N4O5S3. The summed E-state index contributed by atoms with van der Waals surface area (Å²) >= 11 is 4.63. The topological polar surface area (TPSA) is 142 Å². The molecule has 0 aromatic rings. The zero-order chi connectivity index (χ0) is 24.1. The van der Waals surface area contributed by atoms with Crippen molar-refractivity contribution in [3.05, 3.63) is 0 Å². The Balaban J connectivity index is 2.84. The van der Waals surface area contributed by atoms with Gasteiger partial charge in [0.05, 0.1) is 6.04 Å². The van der Waals surface area contributed by atoms with Crippen LogP contribution in [0.15, 0.2) is 0 Å². The molecule has 5 N–H and O–H groups in total. The molecule has 1 heterocycles. The maximum atomic E-state index is 13.0. The number of carboxylic acids is 1. The monoisotopic (exact) mass is 508 g/mol. The van der Waals surface area contributed by atoms with Crippen molar-refractivity contribution in [1.29, 1.82) is 0 Å². The highest BCUT2D eigenvalue weighted by Gasteiger charge is 2.37. The Morgan fingerprint density at radius 2 is 1.53 bits per heavy atom. The first-order valence-corrected chi connectivity index (χ1v) is 14.8. The predicted octanol–water partition coefficient (Wildman–Crippen LogP) is 0.618. The average molecular weight is 509 g/mol. The van der Waals surface area contributed by atoms with Crippen LogP contribution >= 0.6 is 35.3 Å². The quantitative estimate of drug-likeness (QED) is 0.250. The van der Waals surface area contributed by atoms with E-state index in [-0.39, 0.29) is 5.91 Å². The molecule has 1 rings (SSSR count). The Morgan fingerprint density at radius 3 is 2.09 bits per heavy atom. The van der Waals surface area contributed by atoms with E-state index in [1.165, 1.54) is 28.4 Å². The molecule has 12 heteroatoms. The summed E-state index contributed by atoms with van der Waals surface area (Å²) in [6, 6.07) is -3.20. The van der Waals surface area contributed by atoms with Gasteiger partial charge in [0.1, 0.15) is 18.1 Å². The van der Waals surface area contributed by atoms with E-state index >= 15 is 0 Å². The lowest BCUT2D eigenvalue weighted by atomic mass is 10.1. The number of nitrogens with zero attached hydrogens (tertiary/aromatic N) is 1. The van der Waals surface area contributed by atoms with E-state index in [0.29, 0.717) is 50.2 Å². The second-order valence-electron chi connectivity index (χ2n) is 7.60. The number of carboxylic acid groups (broad SMARTS) is 1.